The summed E-state index contributed by atoms with van der Waals surface area (Å²) in [5.41, 5.74) is 0.680. The Balaban J connectivity index is 0.00000256. The number of ether oxygens (including phenoxy) is 1. The van der Waals surface area contributed by atoms with E-state index >= 15 is 0 Å². The number of furan rings is 1. The summed E-state index contributed by atoms with van der Waals surface area (Å²) < 4.78 is 25.0. The molecule has 1 aromatic carbocycles. The highest BCUT2D eigenvalue weighted by molar-refractivity contribution is 14.0. The van der Waals surface area contributed by atoms with Crippen molar-refractivity contribution in [2.75, 3.05) is 57.4 Å². The molecule has 2 fully saturated rings. The van der Waals surface area contributed by atoms with Gasteiger partial charge in [0.15, 0.2) is 5.96 Å². The van der Waals surface area contributed by atoms with E-state index in [9.17, 15) is 4.39 Å². The molecule has 2 aliphatic heterocycles. The maximum absolute atomic E-state index is 14.1. The topological polar surface area (TPSA) is 53.2 Å². The van der Waals surface area contributed by atoms with E-state index in [0.717, 1.165) is 77.0 Å². The zero-order chi connectivity index (χ0) is 19.9. The van der Waals surface area contributed by atoms with Crippen molar-refractivity contribution in [3.8, 4) is 0 Å². The molecule has 30 heavy (non-hydrogen) atoms. The molecule has 0 saturated carbocycles. The minimum atomic E-state index is -0.160. The first-order chi connectivity index (χ1) is 14.3. The summed E-state index contributed by atoms with van der Waals surface area (Å²) in [4.78, 5) is 9.27. The largest absolute Gasteiger partial charge is 0.469 e. The Kier molecular flexibility index (Phi) is 8.80. The lowest BCUT2D eigenvalue weighted by Crippen LogP contribution is -2.53. The summed E-state index contributed by atoms with van der Waals surface area (Å²) >= 11 is 0. The van der Waals surface area contributed by atoms with Crippen molar-refractivity contribution in [2.45, 2.75) is 12.8 Å². The number of halogens is 2. The summed E-state index contributed by atoms with van der Waals surface area (Å²) in [6, 6.07) is 10.9. The molecule has 1 aromatic heterocycles. The Morgan fingerprint density at radius 3 is 2.67 bits per heavy atom. The minimum absolute atomic E-state index is 0. The van der Waals surface area contributed by atoms with Crippen LogP contribution >= 0.6 is 24.0 Å². The van der Waals surface area contributed by atoms with E-state index in [1.807, 2.05) is 24.3 Å². The van der Waals surface area contributed by atoms with Crippen LogP contribution in [0.5, 0.6) is 0 Å². The zero-order valence-corrected chi connectivity index (χ0v) is 19.5. The van der Waals surface area contributed by atoms with Crippen molar-refractivity contribution in [1.82, 2.24) is 10.2 Å². The number of hydrogen-bond acceptors (Lipinski definition) is 4. The van der Waals surface area contributed by atoms with Crippen LogP contribution in [-0.2, 0) is 11.2 Å². The van der Waals surface area contributed by atoms with Crippen LogP contribution < -0.4 is 10.2 Å². The number of guanidine groups is 1. The first kappa shape index (κ1) is 22.9. The van der Waals surface area contributed by atoms with Gasteiger partial charge in [-0.25, -0.2) is 4.39 Å². The maximum Gasteiger partial charge on any atom is 0.194 e. The molecule has 0 amide bonds. The van der Waals surface area contributed by atoms with Gasteiger partial charge in [0.2, 0.25) is 0 Å². The molecule has 1 atom stereocenters. The molecule has 0 spiro atoms. The molecule has 0 bridgehead atoms. The van der Waals surface area contributed by atoms with E-state index in [2.05, 4.69) is 15.1 Å². The molecule has 2 aromatic rings. The Hall–Kier alpha value is -1.81. The van der Waals surface area contributed by atoms with E-state index < -0.39 is 0 Å². The lowest BCUT2D eigenvalue weighted by atomic mass is 10.1. The minimum Gasteiger partial charge on any atom is -0.469 e. The molecule has 164 valence electrons. The van der Waals surface area contributed by atoms with Gasteiger partial charge in [-0.2, -0.15) is 0 Å². The molecule has 2 aliphatic rings. The van der Waals surface area contributed by atoms with Gasteiger partial charge < -0.3 is 24.3 Å². The Morgan fingerprint density at radius 2 is 1.97 bits per heavy atom. The lowest BCUT2D eigenvalue weighted by molar-refractivity contribution is 0.187. The molecule has 8 heteroatoms. The molecule has 1 N–H and O–H groups in total. The molecule has 3 heterocycles. The third-order valence-corrected chi connectivity index (χ3v) is 5.53. The second kappa shape index (κ2) is 11.5. The molecule has 1 unspecified atom stereocenters. The van der Waals surface area contributed by atoms with Crippen LogP contribution in [0.25, 0.3) is 0 Å². The van der Waals surface area contributed by atoms with E-state index in [1.165, 1.54) is 6.07 Å². The molecule has 2 saturated heterocycles. The molecular weight excluding hydrogens is 498 g/mol. The fourth-order valence-electron chi connectivity index (χ4n) is 3.83. The second-order valence-electron chi connectivity index (χ2n) is 7.58. The van der Waals surface area contributed by atoms with E-state index in [1.54, 1.807) is 12.3 Å². The monoisotopic (exact) mass is 528 g/mol. The number of nitrogens with zero attached hydrogens (tertiary/aromatic N) is 3. The second-order valence-corrected chi connectivity index (χ2v) is 7.58. The summed E-state index contributed by atoms with van der Waals surface area (Å²) in [6.45, 7) is 6.33. The van der Waals surface area contributed by atoms with Gasteiger partial charge in [0.25, 0.3) is 0 Å². The predicted octanol–water partition coefficient (Wildman–Crippen LogP) is 3.38. The molecule has 4 rings (SSSR count). The number of rotatable bonds is 6. The van der Waals surface area contributed by atoms with Crippen LogP contribution in [0.15, 0.2) is 52.1 Å². The van der Waals surface area contributed by atoms with Crippen LogP contribution in [0.4, 0.5) is 10.1 Å². The van der Waals surface area contributed by atoms with Gasteiger partial charge in [0, 0.05) is 58.2 Å². The summed E-state index contributed by atoms with van der Waals surface area (Å²) in [6.07, 6.45) is 3.59. The highest BCUT2D eigenvalue weighted by Gasteiger charge is 2.22. The molecule has 6 nitrogen and oxygen atoms in total. The van der Waals surface area contributed by atoms with E-state index in [4.69, 9.17) is 14.1 Å². The average Bonchev–Trinajstić information content (AvgIpc) is 3.45. The van der Waals surface area contributed by atoms with Crippen LogP contribution in [0.2, 0.25) is 0 Å². The molecule has 0 radical (unpaired) electrons. The number of para-hydroxylation sites is 1. The Labute approximate surface area is 194 Å². The van der Waals surface area contributed by atoms with E-state index in [0.29, 0.717) is 11.6 Å². The fraction of sp³-hybridized carbons (Fsp3) is 0.500. The van der Waals surface area contributed by atoms with Crippen molar-refractivity contribution >= 4 is 35.6 Å². The summed E-state index contributed by atoms with van der Waals surface area (Å²) in [5.74, 6) is 2.23. The quantitative estimate of drug-likeness (QED) is 0.354. The first-order valence-electron chi connectivity index (χ1n) is 10.4. The van der Waals surface area contributed by atoms with Gasteiger partial charge in [0.1, 0.15) is 11.6 Å². The van der Waals surface area contributed by atoms with Crippen molar-refractivity contribution in [2.24, 2.45) is 10.9 Å². The number of hydrogen-bond donors (Lipinski definition) is 1. The Bertz CT molecular complexity index is 788. The molecule has 0 aliphatic carbocycles. The van der Waals surface area contributed by atoms with Crippen LogP contribution in [0.1, 0.15) is 12.2 Å². The third-order valence-electron chi connectivity index (χ3n) is 5.53. The number of benzene rings is 1. The highest BCUT2D eigenvalue weighted by atomic mass is 127. The van der Waals surface area contributed by atoms with Gasteiger partial charge in [-0.3, -0.25) is 4.99 Å². The van der Waals surface area contributed by atoms with Crippen LogP contribution in [0.3, 0.4) is 0 Å². The zero-order valence-electron chi connectivity index (χ0n) is 17.1. The average molecular weight is 528 g/mol. The fourth-order valence-corrected chi connectivity index (χ4v) is 3.83. The SMILES string of the molecule is Fc1ccccc1N1CCN(C(=NCC2CCOC2)NCCc2ccco2)CC1.I. The lowest BCUT2D eigenvalue weighted by Gasteiger charge is -2.38. The Morgan fingerprint density at radius 1 is 1.13 bits per heavy atom. The molecular formula is C22H30FIN4O2. The summed E-state index contributed by atoms with van der Waals surface area (Å²) in [7, 11) is 0. The van der Waals surface area contributed by atoms with Crippen molar-refractivity contribution in [3.63, 3.8) is 0 Å². The summed E-state index contributed by atoms with van der Waals surface area (Å²) in [5, 5.41) is 3.50. The first-order valence-corrected chi connectivity index (χ1v) is 10.4. The number of piperazine rings is 1. The number of anilines is 1. The predicted molar refractivity (Wildman–Crippen MR) is 127 cm³/mol. The highest BCUT2D eigenvalue weighted by Crippen LogP contribution is 2.20. The van der Waals surface area contributed by atoms with E-state index in [-0.39, 0.29) is 29.8 Å². The van der Waals surface area contributed by atoms with Gasteiger partial charge in [0.05, 0.1) is 18.6 Å². The van der Waals surface area contributed by atoms with Crippen molar-refractivity contribution in [1.29, 1.82) is 0 Å². The van der Waals surface area contributed by atoms with Crippen molar-refractivity contribution in [3.05, 3.63) is 54.2 Å². The van der Waals surface area contributed by atoms with Gasteiger partial charge >= 0.3 is 0 Å². The van der Waals surface area contributed by atoms with Crippen molar-refractivity contribution < 1.29 is 13.5 Å². The normalized spacial score (nSPS) is 19.6. The maximum atomic E-state index is 14.1. The van der Waals surface area contributed by atoms with Gasteiger partial charge in [-0.15, -0.1) is 24.0 Å². The number of nitrogens with one attached hydrogen (secondary N) is 1. The van der Waals surface area contributed by atoms with Gasteiger partial charge in [-0.05, 0) is 30.7 Å². The smallest absolute Gasteiger partial charge is 0.194 e. The number of aliphatic imine (C=N–C) groups is 1. The third kappa shape index (κ3) is 6.10. The van der Waals surface area contributed by atoms with Crippen LogP contribution in [-0.4, -0.2) is 63.3 Å². The standard InChI is InChI=1S/C22H29FN4O2.HI/c23-20-5-1-2-6-21(20)26-10-12-27(13-11-26)22(25-16-18-8-15-28-17-18)24-9-7-19-4-3-14-29-19;/h1-6,14,18H,7-13,15-17H2,(H,24,25);1H. The van der Waals surface area contributed by atoms with Gasteiger partial charge in [-0.1, -0.05) is 12.1 Å². The van der Waals surface area contributed by atoms with Crippen LogP contribution in [0, 0.1) is 11.7 Å².